The highest BCUT2D eigenvalue weighted by Gasteiger charge is 2.30. The summed E-state index contributed by atoms with van der Waals surface area (Å²) in [6, 6.07) is 20.2. The number of carbonyl (C=O) groups excluding carboxylic acids is 1. The minimum absolute atomic E-state index is 0.0852. The summed E-state index contributed by atoms with van der Waals surface area (Å²) in [4.78, 5) is 12.5. The number of amides is 1. The van der Waals surface area contributed by atoms with Crippen LogP contribution in [0.5, 0.6) is 17.2 Å². The van der Waals surface area contributed by atoms with Crippen molar-refractivity contribution in [2.75, 3.05) is 7.11 Å². The van der Waals surface area contributed by atoms with E-state index >= 15 is 0 Å². The molecule has 8 heteroatoms. The van der Waals surface area contributed by atoms with Gasteiger partial charge in [0.25, 0.3) is 5.91 Å². The molecule has 1 fully saturated rings. The van der Waals surface area contributed by atoms with Gasteiger partial charge >= 0.3 is 0 Å². The molecule has 1 saturated heterocycles. The van der Waals surface area contributed by atoms with Gasteiger partial charge in [0.2, 0.25) is 0 Å². The number of methoxy groups -OCH3 is 1. The predicted octanol–water partition coefficient (Wildman–Crippen LogP) is 3.35. The average Bonchev–Trinajstić information content (AvgIpc) is 3.35. The van der Waals surface area contributed by atoms with Crippen molar-refractivity contribution in [3.63, 3.8) is 0 Å². The molecule has 0 radical (unpaired) electrons. The predicted molar refractivity (Wildman–Crippen MR) is 130 cm³/mol. The number of benzene rings is 3. The van der Waals surface area contributed by atoms with E-state index in [0.29, 0.717) is 30.1 Å². The highest BCUT2D eigenvalue weighted by atomic mass is 16.5. The van der Waals surface area contributed by atoms with Gasteiger partial charge in [-0.15, -0.1) is 0 Å². The van der Waals surface area contributed by atoms with Crippen LogP contribution in [-0.2, 0) is 11.4 Å². The molecule has 2 unspecified atom stereocenters. The average molecular weight is 461 g/mol. The van der Waals surface area contributed by atoms with Crippen LogP contribution in [0, 0.1) is 6.92 Å². The number of ether oxygens (including phenoxy) is 2. The molecular formula is C26H28N4O4. The number of hydrogen-bond donors (Lipinski definition) is 4. The van der Waals surface area contributed by atoms with Crippen LogP contribution in [0.4, 0.5) is 0 Å². The SMILES string of the molecule is COc1cc(C2CC(C(=O)N/N=C/c3ccccc3O)NN2)ccc1OCc1ccc(C)cc1. The second kappa shape index (κ2) is 10.8. The van der Waals surface area contributed by atoms with Crippen LogP contribution in [0.3, 0.4) is 0 Å². The number of rotatable bonds is 8. The Labute approximate surface area is 198 Å². The normalized spacial score (nSPS) is 17.6. The Morgan fingerprint density at radius 1 is 1.12 bits per heavy atom. The molecule has 176 valence electrons. The quantitative estimate of drug-likeness (QED) is 0.304. The summed E-state index contributed by atoms with van der Waals surface area (Å²) in [5, 5.41) is 13.7. The number of aryl methyl sites for hydroxylation is 1. The second-order valence-electron chi connectivity index (χ2n) is 8.11. The Morgan fingerprint density at radius 3 is 2.68 bits per heavy atom. The van der Waals surface area contributed by atoms with E-state index in [0.717, 1.165) is 11.1 Å². The van der Waals surface area contributed by atoms with Crippen molar-refractivity contribution in [3.05, 3.63) is 89.0 Å². The Kier molecular flexibility index (Phi) is 7.41. The zero-order valence-corrected chi connectivity index (χ0v) is 19.1. The molecule has 0 saturated carbocycles. The highest BCUT2D eigenvalue weighted by Crippen LogP contribution is 2.33. The lowest BCUT2D eigenvalue weighted by atomic mass is 10.0. The molecule has 1 aliphatic heterocycles. The van der Waals surface area contributed by atoms with E-state index in [1.807, 2.05) is 30.3 Å². The maximum Gasteiger partial charge on any atom is 0.258 e. The molecule has 3 aromatic carbocycles. The molecule has 1 amide bonds. The summed E-state index contributed by atoms with van der Waals surface area (Å²) < 4.78 is 11.5. The largest absolute Gasteiger partial charge is 0.507 e. The summed E-state index contributed by atoms with van der Waals surface area (Å²) in [5.41, 5.74) is 12.5. The first-order valence-electron chi connectivity index (χ1n) is 11.0. The smallest absolute Gasteiger partial charge is 0.258 e. The topological polar surface area (TPSA) is 104 Å². The Bertz CT molecular complexity index is 1160. The van der Waals surface area contributed by atoms with Crippen molar-refractivity contribution in [2.24, 2.45) is 5.10 Å². The van der Waals surface area contributed by atoms with Gasteiger partial charge in [0.15, 0.2) is 11.5 Å². The summed E-state index contributed by atoms with van der Waals surface area (Å²) in [6.07, 6.45) is 1.94. The minimum Gasteiger partial charge on any atom is -0.507 e. The molecular weight excluding hydrogens is 432 g/mol. The molecule has 0 aromatic heterocycles. The van der Waals surface area contributed by atoms with E-state index in [2.05, 4.69) is 40.4 Å². The number of para-hydroxylation sites is 1. The zero-order chi connectivity index (χ0) is 23.9. The third-order valence-electron chi connectivity index (χ3n) is 5.64. The number of carbonyl (C=O) groups is 1. The van der Waals surface area contributed by atoms with Crippen LogP contribution in [0.2, 0.25) is 0 Å². The molecule has 8 nitrogen and oxygen atoms in total. The first kappa shape index (κ1) is 23.3. The first-order valence-corrected chi connectivity index (χ1v) is 11.0. The lowest BCUT2D eigenvalue weighted by molar-refractivity contribution is -0.122. The number of hydrazine groups is 1. The van der Waals surface area contributed by atoms with Crippen LogP contribution < -0.4 is 25.8 Å². The van der Waals surface area contributed by atoms with Crippen LogP contribution in [0.25, 0.3) is 0 Å². The van der Waals surface area contributed by atoms with Gasteiger partial charge in [0.05, 0.1) is 13.3 Å². The maximum atomic E-state index is 12.5. The van der Waals surface area contributed by atoms with Crippen molar-refractivity contribution in [3.8, 4) is 17.2 Å². The third kappa shape index (κ3) is 5.72. The molecule has 0 bridgehead atoms. The van der Waals surface area contributed by atoms with E-state index in [1.54, 1.807) is 31.4 Å². The number of nitrogens with zero attached hydrogens (tertiary/aromatic N) is 1. The fourth-order valence-corrected chi connectivity index (χ4v) is 3.65. The van der Waals surface area contributed by atoms with Gasteiger partial charge in [0.1, 0.15) is 18.4 Å². The zero-order valence-electron chi connectivity index (χ0n) is 19.1. The Morgan fingerprint density at radius 2 is 1.91 bits per heavy atom. The van der Waals surface area contributed by atoms with Crippen molar-refractivity contribution >= 4 is 12.1 Å². The molecule has 4 N–H and O–H groups in total. The molecule has 3 aromatic rings. The maximum absolute atomic E-state index is 12.5. The molecule has 1 heterocycles. The molecule has 0 spiro atoms. The van der Waals surface area contributed by atoms with Crippen LogP contribution >= 0.6 is 0 Å². The van der Waals surface area contributed by atoms with Gasteiger partial charge in [0, 0.05) is 11.6 Å². The fourth-order valence-electron chi connectivity index (χ4n) is 3.65. The number of hydrazone groups is 1. The number of aromatic hydroxyl groups is 1. The van der Waals surface area contributed by atoms with Crippen molar-refractivity contribution in [1.82, 2.24) is 16.3 Å². The van der Waals surface area contributed by atoms with Crippen molar-refractivity contribution in [1.29, 1.82) is 0 Å². The van der Waals surface area contributed by atoms with Gasteiger partial charge in [-0.1, -0.05) is 48.0 Å². The molecule has 0 aliphatic carbocycles. The standard InChI is InChI=1S/C26H28N4O4/c1-17-7-9-18(10-8-17)16-34-24-12-11-19(13-25(24)33-2)21-14-22(29-28-21)26(32)30-27-15-20-5-3-4-6-23(20)31/h3-13,15,21-22,28-29,31H,14,16H2,1-2H3,(H,30,32)/b27-15+. The van der Waals surface area contributed by atoms with E-state index in [1.165, 1.54) is 11.8 Å². The summed E-state index contributed by atoms with van der Waals surface area (Å²) >= 11 is 0. The van der Waals surface area contributed by atoms with Crippen LogP contribution in [0.15, 0.2) is 71.8 Å². The molecule has 4 rings (SSSR count). The number of hydrogen-bond acceptors (Lipinski definition) is 7. The number of nitrogens with one attached hydrogen (secondary N) is 3. The van der Waals surface area contributed by atoms with Gasteiger partial charge in [-0.05, 0) is 48.7 Å². The monoisotopic (exact) mass is 460 g/mol. The van der Waals surface area contributed by atoms with Gasteiger partial charge in [-0.3, -0.25) is 4.79 Å². The van der Waals surface area contributed by atoms with E-state index in [-0.39, 0.29) is 17.7 Å². The number of phenols is 1. The lowest BCUT2D eigenvalue weighted by Gasteiger charge is -2.15. The van der Waals surface area contributed by atoms with Gasteiger partial charge in [-0.25, -0.2) is 16.3 Å². The third-order valence-corrected chi connectivity index (χ3v) is 5.64. The van der Waals surface area contributed by atoms with Crippen molar-refractivity contribution in [2.45, 2.75) is 32.0 Å². The highest BCUT2D eigenvalue weighted by molar-refractivity contribution is 5.86. The summed E-state index contributed by atoms with van der Waals surface area (Å²) in [5.74, 6) is 1.12. The second-order valence-corrected chi connectivity index (χ2v) is 8.11. The Balaban J connectivity index is 1.34. The van der Waals surface area contributed by atoms with Crippen LogP contribution in [0.1, 0.15) is 34.7 Å². The van der Waals surface area contributed by atoms with Gasteiger partial charge in [-0.2, -0.15) is 5.10 Å². The van der Waals surface area contributed by atoms with Gasteiger partial charge < -0.3 is 14.6 Å². The summed E-state index contributed by atoms with van der Waals surface area (Å²) in [6.45, 7) is 2.50. The van der Waals surface area contributed by atoms with Crippen molar-refractivity contribution < 1.29 is 19.4 Å². The van der Waals surface area contributed by atoms with E-state index in [4.69, 9.17) is 9.47 Å². The molecule has 34 heavy (non-hydrogen) atoms. The minimum atomic E-state index is -0.463. The molecule has 1 aliphatic rings. The fraction of sp³-hybridized carbons (Fsp3) is 0.231. The first-order chi connectivity index (χ1) is 16.5. The number of phenolic OH excluding ortho intramolecular Hbond substituents is 1. The van der Waals surface area contributed by atoms with Crippen LogP contribution in [-0.4, -0.2) is 30.4 Å². The summed E-state index contributed by atoms with van der Waals surface area (Å²) in [7, 11) is 1.61. The lowest BCUT2D eigenvalue weighted by Crippen LogP contribution is -2.41. The van der Waals surface area contributed by atoms with E-state index < -0.39 is 6.04 Å². The Hall–Kier alpha value is -3.88. The molecule has 2 atom stereocenters. The van der Waals surface area contributed by atoms with E-state index in [9.17, 15) is 9.90 Å².